The molecule has 8 heteroatoms. The molecule has 1 atom stereocenters. The number of carbonyl (C=O) groups is 1. The van der Waals surface area contributed by atoms with Crippen LogP contribution in [0.1, 0.15) is 6.42 Å². The molecular formula is C10H14N4O3S. The number of carbonyl (C=O) groups excluding carboxylic acids is 1. The maximum Gasteiger partial charge on any atom is 0.238 e. The molecule has 98 valence electrons. The molecule has 6 N–H and O–H groups in total. The maximum atomic E-state index is 11.2. The van der Waals surface area contributed by atoms with Crippen LogP contribution in [0.3, 0.4) is 0 Å². The van der Waals surface area contributed by atoms with Crippen molar-refractivity contribution in [1.29, 1.82) is 0 Å². The quantitative estimate of drug-likeness (QED) is 0.536. The lowest BCUT2D eigenvalue weighted by atomic mass is 10.2. The van der Waals surface area contributed by atoms with Gasteiger partial charge in [0.2, 0.25) is 15.9 Å². The average molecular weight is 270 g/mol. The van der Waals surface area contributed by atoms with E-state index in [1.807, 2.05) is 0 Å². The van der Waals surface area contributed by atoms with E-state index in [0.29, 0.717) is 24.3 Å². The molecule has 1 unspecified atom stereocenters. The van der Waals surface area contributed by atoms with E-state index in [2.05, 4.69) is 10.6 Å². The minimum atomic E-state index is -3.76. The van der Waals surface area contributed by atoms with Gasteiger partial charge in [0.25, 0.3) is 0 Å². The molecule has 1 heterocycles. The topological polar surface area (TPSA) is 127 Å². The highest BCUT2D eigenvalue weighted by molar-refractivity contribution is 7.89. The van der Waals surface area contributed by atoms with E-state index in [1.165, 1.54) is 18.2 Å². The van der Waals surface area contributed by atoms with Gasteiger partial charge in [-0.3, -0.25) is 4.79 Å². The molecule has 1 aromatic rings. The summed E-state index contributed by atoms with van der Waals surface area (Å²) in [6.07, 6.45) is 0.332. The van der Waals surface area contributed by atoms with E-state index < -0.39 is 10.0 Å². The summed E-state index contributed by atoms with van der Waals surface area (Å²) in [5, 5.41) is 10.7. The lowest BCUT2D eigenvalue weighted by Crippen LogP contribution is -2.23. The summed E-state index contributed by atoms with van der Waals surface area (Å²) in [4.78, 5) is 11.0. The fourth-order valence-electron chi connectivity index (χ4n) is 1.76. The third-order valence-corrected chi connectivity index (χ3v) is 3.60. The monoisotopic (exact) mass is 270 g/mol. The van der Waals surface area contributed by atoms with Crippen molar-refractivity contribution in [3.05, 3.63) is 18.2 Å². The van der Waals surface area contributed by atoms with Crippen LogP contribution >= 0.6 is 0 Å². The molecule has 1 aliphatic heterocycles. The van der Waals surface area contributed by atoms with Gasteiger partial charge in [-0.05, 0) is 18.2 Å². The Morgan fingerprint density at radius 2 is 2.11 bits per heavy atom. The predicted molar refractivity (Wildman–Crippen MR) is 67.3 cm³/mol. The zero-order valence-electron chi connectivity index (χ0n) is 9.51. The van der Waals surface area contributed by atoms with Gasteiger partial charge in [-0.2, -0.15) is 0 Å². The highest BCUT2D eigenvalue weighted by atomic mass is 32.2. The van der Waals surface area contributed by atoms with Crippen molar-refractivity contribution in [1.82, 2.24) is 5.32 Å². The number of nitrogen functional groups attached to an aromatic ring is 1. The minimum Gasteiger partial charge on any atom is -0.397 e. The number of hydrogen-bond acceptors (Lipinski definition) is 5. The van der Waals surface area contributed by atoms with E-state index >= 15 is 0 Å². The van der Waals surface area contributed by atoms with Crippen LogP contribution in [0.4, 0.5) is 11.4 Å². The van der Waals surface area contributed by atoms with Gasteiger partial charge in [-0.25, -0.2) is 13.6 Å². The molecule has 0 saturated carbocycles. The Morgan fingerprint density at radius 3 is 2.67 bits per heavy atom. The molecule has 0 spiro atoms. The summed E-state index contributed by atoms with van der Waals surface area (Å²) in [6.45, 7) is 0.484. The first-order chi connectivity index (χ1) is 8.36. The van der Waals surface area contributed by atoms with Gasteiger partial charge in [0.15, 0.2) is 0 Å². The number of benzene rings is 1. The molecule has 7 nitrogen and oxygen atoms in total. The SMILES string of the molecule is Nc1ccc(S(N)(=O)=O)cc1NC1CNC(=O)C1. The smallest absolute Gasteiger partial charge is 0.238 e. The van der Waals surface area contributed by atoms with Crippen molar-refractivity contribution < 1.29 is 13.2 Å². The Kier molecular flexibility index (Phi) is 3.14. The molecule has 18 heavy (non-hydrogen) atoms. The lowest BCUT2D eigenvalue weighted by molar-refractivity contribution is -0.119. The first-order valence-electron chi connectivity index (χ1n) is 5.32. The number of hydrogen-bond donors (Lipinski definition) is 4. The average Bonchev–Trinajstić information content (AvgIpc) is 2.66. The van der Waals surface area contributed by atoms with Crippen molar-refractivity contribution in [2.45, 2.75) is 17.4 Å². The highest BCUT2D eigenvalue weighted by Crippen LogP contribution is 2.23. The van der Waals surface area contributed by atoms with Crippen molar-refractivity contribution in [3.8, 4) is 0 Å². The van der Waals surface area contributed by atoms with Gasteiger partial charge in [0.05, 0.1) is 22.3 Å². The van der Waals surface area contributed by atoms with Crippen molar-refractivity contribution in [2.24, 2.45) is 5.14 Å². The molecule has 2 rings (SSSR count). The largest absolute Gasteiger partial charge is 0.397 e. The van der Waals surface area contributed by atoms with Crippen LogP contribution in [0.5, 0.6) is 0 Å². The summed E-state index contributed by atoms with van der Waals surface area (Å²) in [5.74, 6) is -0.0475. The predicted octanol–water partition coefficient (Wildman–Crippen LogP) is -0.783. The summed E-state index contributed by atoms with van der Waals surface area (Å²) in [7, 11) is -3.76. The van der Waals surface area contributed by atoms with Gasteiger partial charge in [0.1, 0.15) is 0 Å². The zero-order valence-corrected chi connectivity index (χ0v) is 10.3. The molecule has 1 fully saturated rings. The van der Waals surface area contributed by atoms with Gasteiger partial charge < -0.3 is 16.4 Å². The first-order valence-corrected chi connectivity index (χ1v) is 6.86. The van der Waals surface area contributed by atoms with Gasteiger partial charge >= 0.3 is 0 Å². The molecule has 0 radical (unpaired) electrons. The number of rotatable bonds is 3. The van der Waals surface area contributed by atoms with Crippen LogP contribution in [0.15, 0.2) is 23.1 Å². The minimum absolute atomic E-state index is 0.0171. The Morgan fingerprint density at radius 1 is 1.39 bits per heavy atom. The number of amides is 1. The van der Waals surface area contributed by atoms with E-state index in [9.17, 15) is 13.2 Å². The van der Waals surface area contributed by atoms with Crippen LogP contribution in [0.2, 0.25) is 0 Å². The molecular weight excluding hydrogens is 256 g/mol. The van der Waals surface area contributed by atoms with Crippen molar-refractivity contribution in [3.63, 3.8) is 0 Å². The third kappa shape index (κ3) is 2.71. The number of nitrogens with one attached hydrogen (secondary N) is 2. The van der Waals surface area contributed by atoms with Crippen LogP contribution < -0.4 is 21.5 Å². The maximum absolute atomic E-state index is 11.2. The van der Waals surface area contributed by atoms with Crippen molar-refractivity contribution in [2.75, 3.05) is 17.6 Å². The molecule has 1 amide bonds. The summed E-state index contributed by atoms with van der Waals surface area (Å²) in [6, 6.07) is 4.07. The lowest BCUT2D eigenvalue weighted by Gasteiger charge is -2.14. The Labute approximate surface area is 105 Å². The van der Waals surface area contributed by atoms with Gasteiger partial charge in [-0.15, -0.1) is 0 Å². The van der Waals surface area contributed by atoms with E-state index in [4.69, 9.17) is 10.9 Å². The number of anilines is 2. The number of nitrogens with two attached hydrogens (primary N) is 2. The second kappa shape index (κ2) is 4.46. The second-order valence-electron chi connectivity index (χ2n) is 4.14. The van der Waals surface area contributed by atoms with Crippen LogP contribution in [-0.4, -0.2) is 26.9 Å². The fourth-order valence-corrected chi connectivity index (χ4v) is 2.30. The Bertz CT molecular complexity index is 585. The highest BCUT2D eigenvalue weighted by Gasteiger charge is 2.22. The number of primary sulfonamides is 1. The normalized spacial score (nSPS) is 19.6. The zero-order chi connectivity index (χ0) is 13.3. The second-order valence-corrected chi connectivity index (χ2v) is 5.70. The Hall–Kier alpha value is -1.80. The molecule has 0 aliphatic carbocycles. The Balaban J connectivity index is 2.24. The van der Waals surface area contributed by atoms with E-state index in [-0.39, 0.29) is 16.8 Å². The molecule has 1 aromatic carbocycles. The van der Waals surface area contributed by atoms with E-state index in [1.54, 1.807) is 0 Å². The molecule has 1 saturated heterocycles. The third-order valence-electron chi connectivity index (χ3n) is 2.69. The summed E-state index contributed by atoms with van der Waals surface area (Å²) >= 11 is 0. The number of sulfonamides is 1. The van der Waals surface area contributed by atoms with Crippen LogP contribution in [-0.2, 0) is 14.8 Å². The molecule has 0 aromatic heterocycles. The first kappa shape index (κ1) is 12.7. The summed E-state index contributed by atoms with van der Waals surface area (Å²) in [5.41, 5.74) is 6.61. The molecule has 1 aliphatic rings. The molecule has 0 bridgehead atoms. The van der Waals surface area contributed by atoms with Gasteiger partial charge in [0, 0.05) is 13.0 Å². The summed E-state index contributed by atoms with van der Waals surface area (Å²) < 4.78 is 22.5. The standard InChI is InChI=1S/C10H14N4O3S/c11-8-2-1-7(18(12,16)17)4-9(8)14-6-3-10(15)13-5-6/h1-2,4,6,14H,3,5,11H2,(H,13,15)(H2,12,16,17). The van der Waals surface area contributed by atoms with Crippen molar-refractivity contribution >= 4 is 27.3 Å². The van der Waals surface area contributed by atoms with E-state index in [0.717, 1.165) is 0 Å². The fraction of sp³-hybridized carbons (Fsp3) is 0.300. The van der Waals surface area contributed by atoms with Crippen LogP contribution in [0.25, 0.3) is 0 Å². The van der Waals surface area contributed by atoms with Gasteiger partial charge in [-0.1, -0.05) is 0 Å². The van der Waals surface area contributed by atoms with Crippen LogP contribution in [0, 0.1) is 0 Å².